The van der Waals surface area contributed by atoms with E-state index in [1.807, 2.05) is 0 Å². The van der Waals surface area contributed by atoms with E-state index in [0.29, 0.717) is 32.8 Å². The van der Waals surface area contributed by atoms with Crippen molar-refractivity contribution in [1.29, 1.82) is 0 Å². The zero-order chi connectivity index (χ0) is 28.5. The monoisotopic (exact) mass is 595 g/mol. The quantitative estimate of drug-likeness (QED) is 0.374. The van der Waals surface area contributed by atoms with Gasteiger partial charge in [0.1, 0.15) is 23.2 Å². The van der Waals surface area contributed by atoms with Crippen molar-refractivity contribution in [1.82, 2.24) is 14.5 Å². The number of hydrogen-bond acceptors (Lipinski definition) is 9. The Morgan fingerprint density at radius 2 is 1.97 bits per heavy atom. The van der Waals surface area contributed by atoms with Crippen LogP contribution in [0.15, 0.2) is 59.5 Å². The fourth-order valence-electron chi connectivity index (χ4n) is 3.35. The number of thioether (sulfide) groups is 1. The SMILES string of the molecule is COc1ccc(C(=O)N(C)CC(=O)Nc2ccc(Cl)cc2Cl)cc1.Nc1ccn([C@H]2CS[C@@H](CO)O2)c(=O)n1. The van der Waals surface area contributed by atoms with E-state index in [0.717, 1.165) is 0 Å². The lowest BCUT2D eigenvalue weighted by Crippen LogP contribution is -2.34. The van der Waals surface area contributed by atoms with Crippen LogP contribution in [0.1, 0.15) is 16.6 Å². The average Bonchev–Trinajstić information content (AvgIpc) is 3.39. The summed E-state index contributed by atoms with van der Waals surface area (Å²) in [4.78, 5) is 40.7. The maximum absolute atomic E-state index is 12.3. The molecule has 2 heterocycles. The number of aliphatic hydroxyl groups is 1. The molecule has 1 saturated heterocycles. The normalized spacial score (nSPS) is 16.1. The minimum atomic E-state index is -0.431. The first kappa shape index (κ1) is 30.3. The molecule has 39 heavy (non-hydrogen) atoms. The molecular weight excluding hydrogens is 569 g/mol. The van der Waals surface area contributed by atoms with E-state index in [9.17, 15) is 14.4 Å². The molecule has 14 heteroatoms. The number of benzene rings is 2. The zero-order valence-corrected chi connectivity index (χ0v) is 23.4. The molecule has 208 valence electrons. The van der Waals surface area contributed by atoms with E-state index in [-0.39, 0.29) is 42.4 Å². The second-order valence-electron chi connectivity index (χ2n) is 8.14. The first-order chi connectivity index (χ1) is 18.6. The van der Waals surface area contributed by atoms with Crippen molar-refractivity contribution in [2.45, 2.75) is 11.7 Å². The van der Waals surface area contributed by atoms with Crippen LogP contribution in [0.2, 0.25) is 10.0 Å². The lowest BCUT2D eigenvalue weighted by Gasteiger charge is -2.17. The molecule has 0 aliphatic carbocycles. The van der Waals surface area contributed by atoms with Crippen molar-refractivity contribution in [2.24, 2.45) is 0 Å². The third-order valence-electron chi connectivity index (χ3n) is 5.31. The molecule has 1 aromatic heterocycles. The number of nitrogens with zero attached hydrogens (tertiary/aromatic N) is 3. The zero-order valence-electron chi connectivity index (χ0n) is 21.0. The number of carbonyl (C=O) groups is 2. The predicted octanol–water partition coefficient (Wildman–Crippen LogP) is 3.12. The van der Waals surface area contributed by atoms with Crippen molar-refractivity contribution in [2.75, 3.05) is 44.1 Å². The highest BCUT2D eigenvalue weighted by atomic mass is 35.5. The summed E-state index contributed by atoms with van der Waals surface area (Å²) < 4.78 is 11.8. The fraction of sp³-hybridized carbons (Fsp3) is 0.280. The minimum Gasteiger partial charge on any atom is -0.497 e. The molecule has 0 saturated carbocycles. The summed E-state index contributed by atoms with van der Waals surface area (Å²) in [6.07, 6.45) is 1.18. The van der Waals surface area contributed by atoms with Crippen LogP contribution in [0, 0.1) is 0 Å². The van der Waals surface area contributed by atoms with Crippen LogP contribution in [0.3, 0.4) is 0 Å². The van der Waals surface area contributed by atoms with Gasteiger partial charge in [-0.05, 0) is 48.5 Å². The summed E-state index contributed by atoms with van der Waals surface area (Å²) in [5.74, 6) is 0.847. The number of ether oxygens (including phenoxy) is 2. The molecule has 11 nitrogen and oxygen atoms in total. The van der Waals surface area contributed by atoms with Gasteiger partial charge in [-0.1, -0.05) is 23.2 Å². The molecular formula is C25H27Cl2N5O6S. The summed E-state index contributed by atoms with van der Waals surface area (Å²) in [6, 6.07) is 13.0. The van der Waals surface area contributed by atoms with E-state index in [1.54, 1.807) is 62.8 Å². The molecule has 1 aliphatic rings. The third kappa shape index (κ3) is 8.60. The average molecular weight is 596 g/mol. The van der Waals surface area contributed by atoms with Gasteiger partial charge >= 0.3 is 5.69 Å². The van der Waals surface area contributed by atoms with Crippen LogP contribution in [0.4, 0.5) is 11.5 Å². The Hall–Kier alpha value is -3.29. The van der Waals surface area contributed by atoms with Crippen LogP contribution < -0.4 is 21.5 Å². The molecule has 1 aliphatic heterocycles. The van der Waals surface area contributed by atoms with Crippen molar-refractivity contribution in [3.8, 4) is 5.75 Å². The second-order valence-corrected chi connectivity index (χ2v) is 10.2. The lowest BCUT2D eigenvalue weighted by molar-refractivity contribution is -0.116. The number of halogens is 2. The van der Waals surface area contributed by atoms with Gasteiger partial charge in [-0.3, -0.25) is 14.2 Å². The fourth-order valence-corrected chi connectivity index (χ4v) is 4.74. The van der Waals surface area contributed by atoms with Crippen molar-refractivity contribution in [3.63, 3.8) is 0 Å². The second kappa shape index (κ2) is 14.2. The van der Waals surface area contributed by atoms with E-state index >= 15 is 0 Å². The number of amides is 2. The number of aliphatic hydroxyl groups excluding tert-OH is 1. The summed E-state index contributed by atoms with van der Waals surface area (Å²) in [5, 5.41) is 12.3. The molecule has 2 aromatic carbocycles. The van der Waals surface area contributed by atoms with Gasteiger partial charge < -0.3 is 30.5 Å². The number of aromatic nitrogens is 2. The van der Waals surface area contributed by atoms with E-state index in [1.165, 1.54) is 27.3 Å². The summed E-state index contributed by atoms with van der Waals surface area (Å²) >= 11 is 13.3. The van der Waals surface area contributed by atoms with Crippen LogP contribution >= 0.6 is 35.0 Å². The maximum Gasteiger partial charge on any atom is 0.351 e. The Labute approximate surface area is 238 Å². The summed E-state index contributed by atoms with van der Waals surface area (Å²) in [6.45, 7) is -0.165. The largest absolute Gasteiger partial charge is 0.497 e. The van der Waals surface area contributed by atoms with Gasteiger partial charge in [0.15, 0.2) is 0 Å². The molecule has 0 spiro atoms. The van der Waals surface area contributed by atoms with Crippen LogP contribution in [-0.2, 0) is 9.53 Å². The highest BCUT2D eigenvalue weighted by Crippen LogP contribution is 2.30. The first-order valence-corrected chi connectivity index (χ1v) is 13.3. The maximum atomic E-state index is 12.3. The smallest absolute Gasteiger partial charge is 0.351 e. The molecule has 4 rings (SSSR count). The standard InChI is InChI=1S/C17H16Cl2N2O3.C8H11N3O3S/c1-21(17(23)11-3-6-13(24-2)7-4-11)10-16(22)20-15-8-5-12(18)9-14(15)19;9-5-1-2-11(8(13)10-5)6-4-15-7(3-12)14-6/h3-9H,10H2,1-2H3,(H,20,22);1-2,6-7,12H,3-4H2,(H2,9,10,13)/t;6-,7+/m.1/s1. The molecule has 1 fully saturated rings. The van der Waals surface area contributed by atoms with E-state index in [2.05, 4.69) is 10.3 Å². The number of nitrogen functional groups attached to an aromatic ring is 1. The summed E-state index contributed by atoms with van der Waals surface area (Å²) in [5.41, 5.74) is 5.58. The lowest BCUT2D eigenvalue weighted by atomic mass is 10.2. The number of likely N-dealkylation sites (N-methyl/N-ethyl adjacent to an activating group) is 1. The van der Waals surface area contributed by atoms with Gasteiger partial charge in [-0.15, -0.1) is 11.8 Å². The Balaban J connectivity index is 0.000000239. The molecule has 4 N–H and O–H groups in total. The van der Waals surface area contributed by atoms with Gasteiger partial charge in [0.05, 0.1) is 31.0 Å². The Kier molecular flexibility index (Phi) is 11.0. The van der Waals surface area contributed by atoms with Gasteiger partial charge in [0, 0.05) is 29.6 Å². The third-order valence-corrected chi connectivity index (χ3v) is 6.97. The number of hydrogen-bond donors (Lipinski definition) is 3. The molecule has 2 amide bonds. The predicted molar refractivity (Wildman–Crippen MR) is 151 cm³/mol. The number of anilines is 2. The van der Waals surface area contributed by atoms with Gasteiger partial charge in [-0.25, -0.2) is 4.79 Å². The number of nitrogens with one attached hydrogen (secondary N) is 1. The summed E-state index contributed by atoms with van der Waals surface area (Å²) in [7, 11) is 3.10. The minimum absolute atomic E-state index is 0.0572. The van der Waals surface area contributed by atoms with Crippen LogP contribution in [0.5, 0.6) is 5.75 Å². The van der Waals surface area contributed by atoms with Gasteiger partial charge in [0.2, 0.25) is 5.91 Å². The van der Waals surface area contributed by atoms with Crippen molar-refractivity contribution < 1.29 is 24.2 Å². The number of nitrogens with two attached hydrogens (primary N) is 1. The Morgan fingerprint density at radius 1 is 1.26 bits per heavy atom. The highest BCUT2D eigenvalue weighted by molar-refractivity contribution is 8.00. The van der Waals surface area contributed by atoms with Crippen LogP contribution in [0.25, 0.3) is 0 Å². The topological polar surface area (TPSA) is 149 Å². The van der Waals surface area contributed by atoms with Gasteiger partial charge in [0.25, 0.3) is 5.91 Å². The number of methoxy groups -OCH3 is 1. The van der Waals surface area contributed by atoms with Crippen molar-refractivity contribution in [3.05, 3.63) is 80.8 Å². The number of rotatable bonds is 7. The Morgan fingerprint density at radius 3 is 2.56 bits per heavy atom. The molecule has 3 aromatic rings. The van der Waals surface area contributed by atoms with Gasteiger partial charge in [-0.2, -0.15) is 4.98 Å². The first-order valence-electron chi connectivity index (χ1n) is 11.5. The molecule has 0 bridgehead atoms. The van der Waals surface area contributed by atoms with Crippen molar-refractivity contribution >= 4 is 58.3 Å². The molecule has 0 unspecified atom stereocenters. The van der Waals surface area contributed by atoms with E-state index in [4.69, 9.17) is 43.5 Å². The molecule has 2 atom stereocenters. The molecule has 0 radical (unpaired) electrons. The highest BCUT2D eigenvalue weighted by Gasteiger charge is 2.27. The number of carbonyl (C=O) groups excluding carboxylic acids is 2. The Bertz CT molecular complexity index is 1360. The van der Waals surface area contributed by atoms with Crippen LogP contribution in [-0.4, -0.2) is 69.9 Å². The van der Waals surface area contributed by atoms with E-state index < -0.39 is 5.69 Å².